The number of carbonyl (C=O) groups excluding carboxylic acids is 2. The highest BCUT2D eigenvalue weighted by Gasteiger charge is 2.54. The molecule has 3 N–H and O–H groups in total. The first-order chi connectivity index (χ1) is 16.7. The maximum Gasteiger partial charge on any atom is 0.471 e. The van der Waals surface area contributed by atoms with Gasteiger partial charge in [-0.15, -0.1) is 16.9 Å². The van der Waals surface area contributed by atoms with Crippen LogP contribution in [0.4, 0.5) is 13.2 Å². The summed E-state index contributed by atoms with van der Waals surface area (Å²) in [7, 11) is -7.46. The van der Waals surface area contributed by atoms with E-state index in [2.05, 4.69) is 20.8 Å². The Morgan fingerprint density at radius 3 is 2.72 bits per heavy atom. The maximum atomic E-state index is 12.6. The third-order valence-electron chi connectivity index (χ3n) is 4.60. The quantitative estimate of drug-likeness (QED) is 0.176. The van der Waals surface area contributed by atoms with E-state index in [1.54, 1.807) is 0 Å². The summed E-state index contributed by atoms with van der Waals surface area (Å²) in [6.45, 7) is 1.51. The molecule has 0 spiro atoms. The highest BCUT2D eigenvalue weighted by Crippen LogP contribution is 2.44. The number of rotatable bonds is 11. The van der Waals surface area contributed by atoms with Crippen molar-refractivity contribution in [3.05, 3.63) is 11.3 Å². The highest BCUT2D eigenvalue weighted by molar-refractivity contribution is 8.01. The Bertz CT molecular complexity index is 1160. The van der Waals surface area contributed by atoms with Gasteiger partial charge in [0.05, 0.1) is 6.61 Å². The van der Waals surface area contributed by atoms with Crippen LogP contribution >= 0.6 is 31.1 Å². The lowest BCUT2D eigenvalue weighted by molar-refractivity contribution is -0.150. The summed E-state index contributed by atoms with van der Waals surface area (Å²) in [5.41, 5.74) is -5.16. The number of aliphatic carboxylic acids is 1. The van der Waals surface area contributed by atoms with Gasteiger partial charge in [0, 0.05) is 11.5 Å². The summed E-state index contributed by atoms with van der Waals surface area (Å²) in [6, 6.07) is -1.28. The number of hydrogen-bond acceptors (Lipinski definition) is 11. The Kier molecular flexibility index (Phi) is 8.87. The molecule has 0 radical (unpaired) electrons. The van der Waals surface area contributed by atoms with E-state index in [0.29, 0.717) is 0 Å². The number of nitrogens with zero attached hydrogens (tertiary/aromatic N) is 5. The normalized spacial score (nSPS) is 22.5. The molecular weight excluding hydrogens is 576 g/mol. The van der Waals surface area contributed by atoms with Crippen LogP contribution in [0.2, 0.25) is 0 Å². The Morgan fingerprint density at radius 2 is 2.11 bits per heavy atom. The number of carboxylic acids is 1. The summed E-state index contributed by atoms with van der Waals surface area (Å²) in [6.07, 6.45) is -0.539. The molecule has 2 amide bonds. The summed E-state index contributed by atoms with van der Waals surface area (Å²) in [5.74, 6) is -4.86. The lowest BCUT2D eigenvalue weighted by Gasteiger charge is -2.49. The van der Waals surface area contributed by atoms with Crippen LogP contribution in [0, 0.1) is 0 Å². The number of thioether (sulfide) groups is 2. The molecule has 14 nitrogen and oxygen atoms in total. The van der Waals surface area contributed by atoms with Crippen molar-refractivity contribution in [1.29, 1.82) is 0 Å². The Balaban J connectivity index is 1.69. The third-order valence-corrected chi connectivity index (χ3v) is 9.32. The molecule has 0 bridgehead atoms. The molecule has 0 aromatic carbocycles. The molecule has 4 atom stereocenters. The van der Waals surface area contributed by atoms with Crippen molar-refractivity contribution < 1.29 is 50.9 Å². The van der Waals surface area contributed by atoms with Gasteiger partial charge in [-0.25, -0.2) is 13.7 Å². The molecule has 0 saturated carbocycles. The van der Waals surface area contributed by atoms with Gasteiger partial charge in [0.25, 0.3) is 5.91 Å². The molecule has 1 aromatic heterocycles. The predicted molar refractivity (Wildman–Crippen MR) is 119 cm³/mol. The maximum absolute atomic E-state index is 12.6. The zero-order chi connectivity index (χ0) is 26.8. The van der Waals surface area contributed by atoms with Gasteiger partial charge in [0.15, 0.2) is 0 Å². The summed E-state index contributed by atoms with van der Waals surface area (Å²) < 4.78 is 66.1. The van der Waals surface area contributed by atoms with Gasteiger partial charge in [0.1, 0.15) is 40.0 Å². The first kappa shape index (κ1) is 28.6. The minimum Gasteiger partial charge on any atom is -0.477 e. The number of β-lactam (4-membered cyclic amide) rings is 1. The molecule has 1 saturated heterocycles. The average molecular weight is 595 g/mol. The molecule has 1 fully saturated rings. The lowest BCUT2D eigenvalue weighted by atomic mass is 10.0. The van der Waals surface area contributed by atoms with Crippen molar-refractivity contribution in [2.75, 3.05) is 23.9 Å². The number of hydrogen-bond donors (Lipinski definition) is 3. The van der Waals surface area contributed by atoms with Gasteiger partial charge in [-0.05, 0) is 22.9 Å². The van der Waals surface area contributed by atoms with Crippen LogP contribution < -0.4 is 5.32 Å². The van der Waals surface area contributed by atoms with Gasteiger partial charge in [0.2, 0.25) is 11.1 Å². The second kappa shape index (κ2) is 11.2. The highest BCUT2D eigenvalue weighted by atomic mass is 32.2. The smallest absolute Gasteiger partial charge is 0.471 e. The van der Waals surface area contributed by atoms with E-state index < -0.39 is 65.1 Å². The van der Waals surface area contributed by atoms with Crippen LogP contribution in [0.5, 0.6) is 0 Å². The fourth-order valence-electron chi connectivity index (χ4n) is 3.16. The predicted octanol–water partition coefficient (Wildman–Crippen LogP) is -0.0483. The molecule has 200 valence electrons. The monoisotopic (exact) mass is 594 g/mol. The van der Waals surface area contributed by atoms with Gasteiger partial charge in [-0.3, -0.25) is 19.1 Å². The average Bonchev–Trinajstić information content (AvgIpc) is 3.20. The second-order valence-electron chi connectivity index (χ2n) is 7.09. The Hall–Kier alpha value is -1.99. The van der Waals surface area contributed by atoms with E-state index in [1.165, 1.54) is 6.92 Å². The van der Waals surface area contributed by atoms with E-state index in [0.717, 1.165) is 33.1 Å². The Morgan fingerprint density at radius 1 is 1.42 bits per heavy atom. The molecular formula is C15H18F3N6O8PS3. The van der Waals surface area contributed by atoms with Gasteiger partial charge in [-0.1, -0.05) is 11.8 Å². The molecule has 2 aliphatic heterocycles. The van der Waals surface area contributed by atoms with Gasteiger partial charge < -0.3 is 19.8 Å². The molecule has 3 heterocycles. The number of alkyl halides is 3. The number of aromatic nitrogens is 4. The van der Waals surface area contributed by atoms with Crippen LogP contribution in [0.25, 0.3) is 0 Å². The standard InChI is InChI=1S/C15H18F3N6O8PS3/c1-2-32-33(29,30)6-23-14(20-21-22-23)35-4-7-3-34-12-9(11(26)24(12)10(7)13(27)28)19-8(25)5-36(31)15(16,17)18/h9,12H,2-6H2,1H3,(H,19,25)(H,27,28)(H,29,30)/t9-,12-,36?/m1/s1. The zero-order valence-corrected chi connectivity index (χ0v) is 21.4. The topological polar surface area (TPSA) is 194 Å². The summed E-state index contributed by atoms with van der Waals surface area (Å²) >= 11 is 2.02. The molecule has 1 aromatic rings. The van der Waals surface area contributed by atoms with Crippen LogP contribution in [0.15, 0.2) is 16.4 Å². The first-order valence-corrected chi connectivity index (χ1v) is 14.9. The van der Waals surface area contributed by atoms with Gasteiger partial charge in [-0.2, -0.15) is 13.2 Å². The first-order valence-electron chi connectivity index (χ1n) is 9.75. The lowest BCUT2D eigenvalue weighted by Crippen LogP contribution is -2.71. The minimum atomic E-state index is -5.09. The van der Waals surface area contributed by atoms with E-state index in [1.807, 2.05) is 0 Å². The van der Waals surface area contributed by atoms with E-state index in [9.17, 15) is 46.3 Å². The second-order valence-corrected chi connectivity index (χ2v) is 12.4. The van der Waals surface area contributed by atoms with Crippen molar-refractivity contribution in [2.24, 2.45) is 0 Å². The van der Waals surface area contributed by atoms with Crippen molar-refractivity contribution in [3.8, 4) is 0 Å². The number of nitrogens with one attached hydrogen (secondary N) is 1. The van der Waals surface area contributed by atoms with Crippen LogP contribution in [-0.2, 0) is 40.6 Å². The molecule has 3 rings (SSSR count). The number of tetrazole rings is 1. The van der Waals surface area contributed by atoms with Crippen LogP contribution in [0.3, 0.4) is 0 Å². The van der Waals surface area contributed by atoms with Crippen molar-refractivity contribution in [1.82, 2.24) is 30.4 Å². The van der Waals surface area contributed by atoms with Crippen LogP contribution in [-0.4, -0.2) is 97.9 Å². The molecule has 2 unspecified atom stereocenters. The fraction of sp³-hybridized carbons (Fsp3) is 0.600. The minimum absolute atomic E-state index is 0.0164. The molecule has 0 aliphatic carbocycles. The van der Waals surface area contributed by atoms with Gasteiger partial charge >= 0.3 is 19.1 Å². The molecule has 21 heteroatoms. The number of carbonyl (C=O) groups is 3. The zero-order valence-electron chi connectivity index (χ0n) is 18.1. The summed E-state index contributed by atoms with van der Waals surface area (Å²) in [5, 5.41) is 21.8. The number of carboxylic acid groups (broad SMARTS) is 1. The largest absolute Gasteiger partial charge is 0.477 e. The third kappa shape index (κ3) is 6.46. The Labute approximate surface area is 211 Å². The van der Waals surface area contributed by atoms with Crippen molar-refractivity contribution in [2.45, 2.75) is 35.3 Å². The van der Waals surface area contributed by atoms with E-state index in [-0.39, 0.29) is 34.5 Å². The van der Waals surface area contributed by atoms with E-state index >= 15 is 0 Å². The molecule has 36 heavy (non-hydrogen) atoms. The number of halogens is 3. The van der Waals surface area contributed by atoms with Crippen LogP contribution in [0.1, 0.15) is 6.92 Å². The molecule has 2 aliphatic rings. The van der Waals surface area contributed by atoms with E-state index in [4.69, 9.17) is 4.52 Å². The van der Waals surface area contributed by atoms with Crippen molar-refractivity contribution in [3.63, 3.8) is 0 Å². The summed E-state index contributed by atoms with van der Waals surface area (Å²) in [4.78, 5) is 47.0. The number of fused-ring (bicyclic) bond motifs is 1. The fourth-order valence-corrected chi connectivity index (χ4v) is 7.12. The van der Waals surface area contributed by atoms with Crippen molar-refractivity contribution >= 4 is 59.7 Å². The SMILES string of the molecule is CCOP(=O)(O)Cn1nnnc1SCC1=C(C(=O)O)N2C(=O)[C@@H](NC(=O)CS(=O)C(F)(F)F)[C@H]2SC1. The number of amides is 2.